The standard InChI is InChI=1S/C14H21NO3S/c1-3-10-5-7-11(8-6-10)12-13(14(12,15)9-16)19(17,18)4-2/h5-8,12-13,16H,3-4,9,15H2,1-2H3. The van der Waals surface area contributed by atoms with Crippen LogP contribution in [-0.2, 0) is 16.3 Å². The Morgan fingerprint density at radius 3 is 2.26 bits per heavy atom. The molecule has 106 valence electrons. The highest BCUT2D eigenvalue weighted by molar-refractivity contribution is 7.92. The number of benzene rings is 1. The van der Waals surface area contributed by atoms with E-state index < -0.39 is 20.6 Å². The summed E-state index contributed by atoms with van der Waals surface area (Å²) in [5.41, 5.74) is 7.14. The van der Waals surface area contributed by atoms with Crippen LogP contribution in [0.15, 0.2) is 24.3 Å². The van der Waals surface area contributed by atoms with E-state index in [0.29, 0.717) is 0 Å². The van der Waals surface area contributed by atoms with Crippen LogP contribution >= 0.6 is 0 Å². The molecule has 1 fully saturated rings. The third-order valence-electron chi connectivity index (χ3n) is 4.11. The Labute approximate surface area is 114 Å². The first-order chi connectivity index (χ1) is 8.90. The van der Waals surface area contributed by atoms with Crippen LogP contribution in [0.1, 0.15) is 30.9 Å². The molecule has 0 bridgehead atoms. The zero-order chi connectivity index (χ0) is 14.3. The molecule has 0 heterocycles. The fourth-order valence-electron chi connectivity index (χ4n) is 2.78. The monoisotopic (exact) mass is 283 g/mol. The smallest absolute Gasteiger partial charge is 0.155 e. The minimum Gasteiger partial charge on any atom is -0.394 e. The van der Waals surface area contributed by atoms with E-state index in [1.54, 1.807) is 6.92 Å². The topological polar surface area (TPSA) is 80.4 Å². The van der Waals surface area contributed by atoms with Gasteiger partial charge in [0.1, 0.15) is 0 Å². The van der Waals surface area contributed by atoms with Gasteiger partial charge in [0, 0.05) is 11.7 Å². The third kappa shape index (κ3) is 2.30. The lowest BCUT2D eigenvalue weighted by Gasteiger charge is -2.07. The Morgan fingerprint density at radius 1 is 1.26 bits per heavy atom. The molecule has 0 saturated heterocycles. The van der Waals surface area contributed by atoms with Gasteiger partial charge in [-0.15, -0.1) is 0 Å². The summed E-state index contributed by atoms with van der Waals surface area (Å²) in [6, 6.07) is 7.82. The summed E-state index contributed by atoms with van der Waals surface area (Å²) in [5, 5.41) is 8.77. The van der Waals surface area contributed by atoms with Crippen molar-refractivity contribution in [1.82, 2.24) is 0 Å². The maximum absolute atomic E-state index is 12.1. The number of hydrogen-bond acceptors (Lipinski definition) is 4. The van der Waals surface area contributed by atoms with E-state index in [-0.39, 0.29) is 18.3 Å². The van der Waals surface area contributed by atoms with Gasteiger partial charge in [-0.05, 0) is 17.5 Å². The van der Waals surface area contributed by atoms with Gasteiger partial charge in [0.05, 0.1) is 17.4 Å². The molecule has 3 atom stereocenters. The highest BCUT2D eigenvalue weighted by Gasteiger charge is 2.68. The van der Waals surface area contributed by atoms with Crippen LogP contribution < -0.4 is 5.73 Å². The molecule has 0 spiro atoms. The van der Waals surface area contributed by atoms with E-state index >= 15 is 0 Å². The van der Waals surface area contributed by atoms with E-state index in [4.69, 9.17) is 5.73 Å². The van der Waals surface area contributed by atoms with E-state index in [9.17, 15) is 13.5 Å². The molecule has 0 aliphatic heterocycles. The molecular weight excluding hydrogens is 262 g/mol. The summed E-state index contributed by atoms with van der Waals surface area (Å²) in [6.45, 7) is 3.37. The van der Waals surface area contributed by atoms with E-state index in [1.165, 1.54) is 5.56 Å². The molecule has 3 unspecified atom stereocenters. The Morgan fingerprint density at radius 2 is 1.84 bits per heavy atom. The zero-order valence-corrected chi connectivity index (χ0v) is 12.2. The predicted octanol–water partition coefficient (Wildman–Crippen LogP) is 0.839. The molecule has 0 aromatic heterocycles. The molecule has 0 radical (unpaired) electrons. The number of rotatable bonds is 5. The van der Waals surface area contributed by atoms with Gasteiger partial charge in [-0.2, -0.15) is 0 Å². The van der Waals surface area contributed by atoms with Crippen molar-refractivity contribution in [2.45, 2.75) is 37.0 Å². The summed E-state index contributed by atoms with van der Waals surface area (Å²) in [5.74, 6) is -0.242. The van der Waals surface area contributed by atoms with Crippen LogP contribution in [0, 0.1) is 0 Å². The summed E-state index contributed by atoms with van der Waals surface area (Å²) < 4.78 is 24.1. The van der Waals surface area contributed by atoms with Crippen LogP contribution in [0.2, 0.25) is 0 Å². The first-order valence-corrected chi connectivity index (χ1v) is 8.32. The number of hydrogen-bond donors (Lipinski definition) is 2. The van der Waals surface area contributed by atoms with Gasteiger partial charge >= 0.3 is 0 Å². The van der Waals surface area contributed by atoms with Crippen LogP contribution in [0.3, 0.4) is 0 Å². The van der Waals surface area contributed by atoms with Gasteiger partial charge < -0.3 is 10.8 Å². The van der Waals surface area contributed by atoms with Crippen molar-refractivity contribution < 1.29 is 13.5 Å². The Bertz CT molecular complexity index is 553. The van der Waals surface area contributed by atoms with Crippen molar-refractivity contribution in [1.29, 1.82) is 0 Å². The number of aryl methyl sites for hydroxylation is 1. The minimum atomic E-state index is -3.24. The first-order valence-electron chi connectivity index (χ1n) is 6.60. The molecule has 5 heteroatoms. The van der Waals surface area contributed by atoms with Gasteiger partial charge in [0.25, 0.3) is 0 Å². The molecule has 1 aromatic rings. The lowest BCUT2D eigenvalue weighted by molar-refractivity contribution is 0.253. The van der Waals surface area contributed by atoms with E-state index in [1.807, 2.05) is 24.3 Å². The summed E-state index contributed by atoms with van der Waals surface area (Å²) >= 11 is 0. The van der Waals surface area contributed by atoms with Crippen molar-refractivity contribution in [3.63, 3.8) is 0 Å². The van der Waals surface area contributed by atoms with Crippen molar-refractivity contribution >= 4 is 9.84 Å². The normalized spacial score (nSPS) is 30.3. The summed E-state index contributed by atoms with van der Waals surface area (Å²) in [4.78, 5) is 0. The minimum absolute atomic E-state index is 0.0557. The van der Waals surface area contributed by atoms with Crippen molar-refractivity contribution in [3.8, 4) is 0 Å². The predicted molar refractivity (Wildman–Crippen MR) is 75.8 cm³/mol. The van der Waals surface area contributed by atoms with Gasteiger partial charge in [-0.25, -0.2) is 8.42 Å². The largest absolute Gasteiger partial charge is 0.394 e. The summed E-state index contributed by atoms with van der Waals surface area (Å²) in [7, 11) is -3.24. The molecule has 1 aliphatic carbocycles. The SMILES string of the molecule is CCc1ccc(C2C(S(=O)(=O)CC)C2(N)CO)cc1. The first kappa shape index (κ1) is 14.5. The molecule has 1 aromatic carbocycles. The fourth-order valence-corrected chi connectivity index (χ4v) is 4.77. The second-order valence-electron chi connectivity index (χ2n) is 5.22. The lowest BCUT2D eigenvalue weighted by atomic mass is 10.0. The second-order valence-corrected chi connectivity index (χ2v) is 7.63. The van der Waals surface area contributed by atoms with Gasteiger partial charge in [0.2, 0.25) is 0 Å². The van der Waals surface area contributed by atoms with Crippen molar-refractivity contribution in [2.75, 3.05) is 12.4 Å². The average Bonchev–Trinajstić information content (AvgIpc) is 3.07. The quantitative estimate of drug-likeness (QED) is 0.839. The highest BCUT2D eigenvalue weighted by atomic mass is 32.2. The third-order valence-corrected chi connectivity index (χ3v) is 6.40. The van der Waals surface area contributed by atoms with Crippen LogP contribution in [0.25, 0.3) is 0 Å². The van der Waals surface area contributed by atoms with Gasteiger partial charge in [-0.1, -0.05) is 38.1 Å². The fraction of sp³-hybridized carbons (Fsp3) is 0.571. The Hall–Kier alpha value is -0.910. The number of aliphatic hydroxyl groups excluding tert-OH is 1. The molecule has 2 rings (SSSR count). The molecule has 3 N–H and O–H groups in total. The number of nitrogens with two attached hydrogens (primary N) is 1. The molecule has 1 aliphatic rings. The molecule has 1 saturated carbocycles. The lowest BCUT2D eigenvalue weighted by Crippen LogP contribution is -2.35. The Balaban J connectivity index is 2.34. The second kappa shape index (κ2) is 4.89. The maximum atomic E-state index is 12.1. The molecule has 0 amide bonds. The van der Waals surface area contributed by atoms with E-state index in [2.05, 4.69) is 6.92 Å². The average molecular weight is 283 g/mol. The van der Waals surface area contributed by atoms with Gasteiger partial charge in [-0.3, -0.25) is 0 Å². The highest BCUT2D eigenvalue weighted by Crippen LogP contribution is 2.53. The van der Waals surface area contributed by atoms with E-state index in [0.717, 1.165) is 12.0 Å². The molecular formula is C14H21NO3S. The van der Waals surface area contributed by atoms with Crippen molar-refractivity contribution in [2.24, 2.45) is 5.73 Å². The molecule has 19 heavy (non-hydrogen) atoms. The maximum Gasteiger partial charge on any atom is 0.155 e. The zero-order valence-electron chi connectivity index (χ0n) is 11.3. The van der Waals surface area contributed by atoms with Crippen LogP contribution in [0.5, 0.6) is 0 Å². The van der Waals surface area contributed by atoms with Crippen molar-refractivity contribution in [3.05, 3.63) is 35.4 Å². The number of aliphatic hydroxyl groups is 1. The van der Waals surface area contributed by atoms with Crippen LogP contribution in [0.4, 0.5) is 0 Å². The Kier molecular flexibility index (Phi) is 3.73. The van der Waals surface area contributed by atoms with Crippen LogP contribution in [-0.4, -0.2) is 36.7 Å². The number of sulfone groups is 1. The molecule has 4 nitrogen and oxygen atoms in total. The van der Waals surface area contributed by atoms with Gasteiger partial charge in [0.15, 0.2) is 9.84 Å². The summed E-state index contributed by atoms with van der Waals surface area (Å²) in [6.07, 6.45) is 0.940.